The van der Waals surface area contributed by atoms with Crippen LogP contribution < -0.4 is 10.6 Å². The first-order valence-corrected chi connectivity index (χ1v) is 7.27. The lowest BCUT2D eigenvalue weighted by Gasteiger charge is -2.09. The summed E-state index contributed by atoms with van der Waals surface area (Å²) in [6.45, 7) is 2.11. The lowest BCUT2D eigenvalue weighted by Crippen LogP contribution is -2.15. The molecule has 1 atom stereocenters. The van der Waals surface area contributed by atoms with Crippen LogP contribution in [-0.2, 0) is 4.79 Å². The van der Waals surface area contributed by atoms with Crippen LogP contribution in [0.2, 0.25) is 0 Å². The van der Waals surface area contributed by atoms with Crippen LogP contribution in [-0.4, -0.2) is 34.2 Å². The summed E-state index contributed by atoms with van der Waals surface area (Å²) in [6.07, 6.45) is 4.16. The summed E-state index contributed by atoms with van der Waals surface area (Å²) in [6, 6.07) is 7.61. The Morgan fingerprint density at radius 2 is 2.38 bits per heavy atom. The van der Waals surface area contributed by atoms with E-state index in [-0.39, 0.29) is 5.91 Å². The number of nitrogens with zero attached hydrogens (tertiary/aromatic N) is 2. The number of carbonyl (C=O) groups excluding carboxylic acids is 1. The fourth-order valence-corrected chi connectivity index (χ4v) is 2.61. The van der Waals surface area contributed by atoms with Crippen LogP contribution in [0.4, 0.5) is 5.69 Å². The van der Waals surface area contributed by atoms with Gasteiger partial charge in [0.15, 0.2) is 5.82 Å². The van der Waals surface area contributed by atoms with Crippen LogP contribution in [0.5, 0.6) is 0 Å². The number of nitrogens with one attached hydrogen (secondary N) is 3. The molecule has 1 aliphatic rings. The molecule has 110 valence electrons. The molecule has 0 radical (unpaired) electrons. The molecule has 0 aliphatic carbocycles. The summed E-state index contributed by atoms with van der Waals surface area (Å²) in [5.41, 5.74) is 1.70. The van der Waals surface area contributed by atoms with Crippen molar-refractivity contribution in [3.05, 3.63) is 30.6 Å². The molecule has 1 aromatic heterocycles. The van der Waals surface area contributed by atoms with Gasteiger partial charge in [-0.15, -0.1) is 0 Å². The molecule has 1 saturated heterocycles. The molecule has 2 aromatic rings. The molecule has 1 amide bonds. The number of H-pyrrole nitrogens is 1. The van der Waals surface area contributed by atoms with Crippen LogP contribution in [0, 0.1) is 5.92 Å². The highest BCUT2D eigenvalue weighted by atomic mass is 16.1. The summed E-state index contributed by atoms with van der Waals surface area (Å²) in [4.78, 5) is 16.1. The second-order valence-corrected chi connectivity index (χ2v) is 5.36. The van der Waals surface area contributed by atoms with Gasteiger partial charge in [0.2, 0.25) is 5.91 Å². The van der Waals surface area contributed by atoms with Crippen LogP contribution >= 0.6 is 0 Å². The zero-order valence-corrected chi connectivity index (χ0v) is 11.8. The monoisotopic (exact) mass is 285 g/mol. The first kappa shape index (κ1) is 13.8. The Morgan fingerprint density at radius 1 is 1.43 bits per heavy atom. The standard InChI is InChI=1S/C15H19N5O/c21-14(5-4-11-6-7-16-9-11)19-13-3-1-2-12(8-13)15-17-10-18-20-15/h1-3,8,10-11,16H,4-7,9H2,(H,19,21)(H,17,18,20). The molecular weight excluding hydrogens is 266 g/mol. The molecule has 0 spiro atoms. The number of anilines is 1. The molecule has 2 heterocycles. The highest BCUT2D eigenvalue weighted by Gasteiger charge is 2.15. The average Bonchev–Trinajstić information content (AvgIpc) is 3.19. The van der Waals surface area contributed by atoms with Crippen molar-refractivity contribution in [3.8, 4) is 11.4 Å². The summed E-state index contributed by atoms with van der Waals surface area (Å²) in [7, 11) is 0. The fourth-order valence-electron chi connectivity index (χ4n) is 2.61. The summed E-state index contributed by atoms with van der Waals surface area (Å²) >= 11 is 0. The average molecular weight is 285 g/mol. The molecule has 1 unspecified atom stereocenters. The summed E-state index contributed by atoms with van der Waals surface area (Å²) < 4.78 is 0. The van der Waals surface area contributed by atoms with Crippen LogP contribution in [0.3, 0.4) is 0 Å². The number of aromatic amines is 1. The van der Waals surface area contributed by atoms with Gasteiger partial charge in [0.05, 0.1) is 0 Å². The summed E-state index contributed by atoms with van der Waals surface area (Å²) in [5.74, 6) is 1.40. The Labute approximate surface area is 123 Å². The number of rotatable bonds is 5. The Bertz CT molecular complexity index is 590. The van der Waals surface area contributed by atoms with E-state index in [9.17, 15) is 4.79 Å². The number of hydrogen-bond donors (Lipinski definition) is 3. The first-order chi connectivity index (χ1) is 10.3. The van der Waals surface area contributed by atoms with Gasteiger partial charge in [-0.25, -0.2) is 4.98 Å². The first-order valence-electron chi connectivity index (χ1n) is 7.27. The van der Waals surface area contributed by atoms with E-state index in [1.54, 1.807) is 0 Å². The van der Waals surface area contributed by atoms with Crippen molar-refractivity contribution in [3.63, 3.8) is 0 Å². The number of aromatic nitrogens is 3. The third kappa shape index (κ3) is 3.66. The third-order valence-corrected chi connectivity index (χ3v) is 3.78. The van der Waals surface area contributed by atoms with Gasteiger partial charge in [-0.2, -0.15) is 5.10 Å². The molecule has 3 rings (SSSR count). The van der Waals surface area contributed by atoms with E-state index in [1.165, 1.54) is 12.7 Å². The van der Waals surface area contributed by atoms with Crippen molar-refractivity contribution < 1.29 is 4.79 Å². The minimum atomic E-state index is 0.0663. The maximum absolute atomic E-state index is 12.0. The zero-order chi connectivity index (χ0) is 14.5. The van der Waals surface area contributed by atoms with Gasteiger partial charge in [0.25, 0.3) is 0 Å². The quantitative estimate of drug-likeness (QED) is 0.782. The maximum atomic E-state index is 12.0. The molecular formula is C15H19N5O. The minimum absolute atomic E-state index is 0.0663. The van der Waals surface area contributed by atoms with Crippen molar-refractivity contribution in [2.45, 2.75) is 19.3 Å². The third-order valence-electron chi connectivity index (χ3n) is 3.78. The fraction of sp³-hybridized carbons (Fsp3) is 0.400. The predicted molar refractivity (Wildman–Crippen MR) is 80.7 cm³/mol. The van der Waals surface area contributed by atoms with Gasteiger partial charge in [0, 0.05) is 17.7 Å². The molecule has 1 fully saturated rings. The predicted octanol–water partition coefficient (Wildman–Crippen LogP) is 1.80. The van der Waals surface area contributed by atoms with E-state index >= 15 is 0 Å². The van der Waals surface area contributed by atoms with Crippen molar-refractivity contribution in [2.24, 2.45) is 5.92 Å². The van der Waals surface area contributed by atoms with Gasteiger partial charge in [-0.05, 0) is 44.0 Å². The zero-order valence-electron chi connectivity index (χ0n) is 11.8. The Balaban J connectivity index is 1.56. The number of carbonyl (C=O) groups is 1. The van der Waals surface area contributed by atoms with Crippen molar-refractivity contribution in [1.29, 1.82) is 0 Å². The van der Waals surface area contributed by atoms with Crippen LogP contribution in [0.15, 0.2) is 30.6 Å². The normalized spacial score (nSPS) is 17.8. The van der Waals surface area contributed by atoms with E-state index in [4.69, 9.17) is 0 Å². The molecule has 1 aromatic carbocycles. The molecule has 1 aliphatic heterocycles. The highest BCUT2D eigenvalue weighted by Crippen LogP contribution is 2.19. The molecule has 21 heavy (non-hydrogen) atoms. The summed E-state index contributed by atoms with van der Waals surface area (Å²) in [5, 5.41) is 12.9. The highest BCUT2D eigenvalue weighted by molar-refractivity contribution is 5.91. The number of hydrogen-bond acceptors (Lipinski definition) is 4. The second kappa shape index (κ2) is 6.49. The van der Waals surface area contributed by atoms with E-state index < -0.39 is 0 Å². The molecule has 0 saturated carbocycles. The lowest BCUT2D eigenvalue weighted by atomic mass is 10.0. The van der Waals surface area contributed by atoms with Gasteiger partial charge >= 0.3 is 0 Å². The van der Waals surface area contributed by atoms with E-state index in [0.717, 1.165) is 30.8 Å². The largest absolute Gasteiger partial charge is 0.326 e. The van der Waals surface area contributed by atoms with Crippen LogP contribution in [0.1, 0.15) is 19.3 Å². The molecule has 0 bridgehead atoms. The van der Waals surface area contributed by atoms with E-state index in [1.807, 2.05) is 24.3 Å². The van der Waals surface area contributed by atoms with Crippen LogP contribution in [0.25, 0.3) is 11.4 Å². The topological polar surface area (TPSA) is 82.7 Å². The smallest absolute Gasteiger partial charge is 0.224 e. The Morgan fingerprint density at radius 3 is 3.14 bits per heavy atom. The van der Waals surface area contributed by atoms with Gasteiger partial charge in [0.1, 0.15) is 6.33 Å². The molecule has 6 heteroatoms. The Hall–Kier alpha value is -2.21. The molecule has 3 N–H and O–H groups in total. The van der Waals surface area contributed by atoms with E-state index in [2.05, 4.69) is 25.8 Å². The minimum Gasteiger partial charge on any atom is -0.326 e. The number of benzene rings is 1. The van der Waals surface area contributed by atoms with Crippen molar-refractivity contribution in [1.82, 2.24) is 20.5 Å². The SMILES string of the molecule is O=C(CCC1CCNC1)Nc1cccc(-c2ncn[nH]2)c1. The van der Waals surface area contributed by atoms with Gasteiger partial charge < -0.3 is 10.6 Å². The van der Waals surface area contributed by atoms with Gasteiger partial charge in [-0.1, -0.05) is 12.1 Å². The van der Waals surface area contributed by atoms with Crippen molar-refractivity contribution >= 4 is 11.6 Å². The number of amides is 1. The maximum Gasteiger partial charge on any atom is 0.224 e. The van der Waals surface area contributed by atoms with Gasteiger partial charge in [-0.3, -0.25) is 9.89 Å². The second-order valence-electron chi connectivity index (χ2n) is 5.36. The lowest BCUT2D eigenvalue weighted by molar-refractivity contribution is -0.116. The van der Waals surface area contributed by atoms with E-state index in [0.29, 0.717) is 18.2 Å². The Kier molecular flexibility index (Phi) is 4.25. The van der Waals surface area contributed by atoms with Crippen molar-refractivity contribution in [2.75, 3.05) is 18.4 Å². The molecule has 6 nitrogen and oxygen atoms in total.